The third kappa shape index (κ3) is 9.92. The number of benzene rings is 2. The Kier molecular flexibility index (Phi) is 12.8. The summed E-state index contributed by atoms with van der Waals surface area (Å²) < 4.78 is 19.9. The summed E-state index contributed by atoms with van der Waals surface area (Å²) in [5, 5.41) is 15.1. The number of nitrogens with zero attached hydrogens (tertiary/aromatic N) is 1. The van der Waals surface area contributed by atoms with E-state index in [-0.39, 0.29) is 34.8 Å². The predicted molar refractivity (Wildman–Crippen MR) is 166 cm³/mol. The normalized spacial score (nSPS) is 11.6. The Bertz CT molecular complexity index is 1480. The zero-order chi connectivity index (χ0) is 32.1. The number of anilines is 2. The van der Waals surface area contributed by atoms with Gasteiger partial charge in [-0.25, -0.2) is 14.0 Å². The molecule has 0 spiro atoms. The number of aryl methyl sites for hydroxylation is 2. The lowest BCUT2D eigenvalue weighted by Crippen LogP contribution is -2.22. The van der Waals surface area contributed by atoms with Crippen LogP contribution < -0.4 is 22.1 Å². The number of carboxylic acids is 1. The first-order valence-electron chi connectivity index (χ1n) is 13.4. The van der Waals surface area contributed by atoms with Crippen molar-refractivity contribution in [3.05, 3.63) is 119 Å². The molecule has 10 nitrogen and oxygen atoms in total. The summed E-state index contributed by atoms with van der Waals surface area (Å²) >= 11 is 0. The number of nitrogens with two attached hydrogens (primary N) is 2. The maximum Gasteiger partial charge on any atom is 0.339 e. The molecule has 0 atom stereocenters. The van der Waals surface area contributed by atoms with Gasteiger partial charge in [0, 0.05) is 18.1 Å². The number of allylic oxidation sites excluding steroid dienone is 4. The van der Waals surface area contributed by atoms with Crippen LogP contribution in [0.25, 0.3) is 0 Å². The van der Waals surface area contributed by atoms with E-state index in [1.54, 1.807) is 31.3 Å². The van der Waals surface area contributed by atoms with Crippen molar-refractivity contribution >= 4 is 29.2 Å². The fourth-order valence-electron chi connectivity index (χ4n) is 3.94. The van der Waals surface area contributed by atoms with Crippen molar-refractivity contribution < 1.29 is 28.6 Å². The first-order valence-corrected chi connectivity index (χ1v) is 13.4. The minimum atomic E-state index is -1.35. The lowest BCUT2D eigenvalue weighted by Gasteiger charge is -2.14. The third-order valence-electron chi connectivity index (χ3n) is 6.11. The fourth-order valence-corrected chi connectivity index (χ4v) is 3.94. The lowest BCUT2D eigenvalue weighted by molar-refractivity contribution is -0.112. The van der Waals surface area contributed by atoms with Crippen molar-refractivity contribution in [2.45, 2.75) is 39.5 Å². The number of hydrogen-bond acceptors (Lipinski definition) is 8. The number of hydrogen-bond donors (Lipinski definition) is 5. The molecule has 0 aliphatic heterocycles. The Morgan fingerprint density at radius 2 is 1.77 bits per heavy atom. The van der Waals surface area contributed by atoms with Gasteiger partial charge >= 0.3 is 11.9 Å². The van der Waals surface area contributed by atoms with Crippen LogP contribution in [0.4, 0.5) is 15.8 Å². The van der Waals surface area contributed by atoms with Crippen LogP contribution in [0.5, 0.6) is 0 Å². The Morgan fingerprint density at radius 1 is 1.07 bits per heavy atom. The van der Waals surface area contributed by atoms with Gasteiger partial charge in [0.15, 0.2) is 0 Å². The van der Waals surface area contributed by atoms with Crippen LogP contribution in [-0.4, -0.2) is 35.0 Å². The molecule has 0 radical (unpaired) electrons. The van der Waals surface area contributed by atoms with Gasteiger partial charge in [-0.15, -0.1) is 0 Å². The molecular weight excluding hydrogens is 553 g/mol. The van der Waals surface area contributed by atoms with Gasteiger partial charge in [-0.2, -0.15) is 0 Å². The Labute approximate surface area is 250 Å². The molecule has 11 heteroatoms. The van der Waals surface area contributed by atoms with Crippen molar-refractivity contribution in [3.8, 4) is 0 Å². The molecule has 0 aliphatic rings. The number of methoxy groups -OCH3 is 1. The van der Waals surface area contributed by atoms with E-state index in [1.807, 2.05) is 13.0 Å². The number of ether oxygens (including phenoxy) is 1. The van der Waals surface area contributed by atoms with Crippen molar-refractivity contribution in [3.63, 3.8) is 0 Å². The van der Waals surface area contributed by atoms with Crippen LogP contribution in [0.3, 0.4) is 0 Å². The van der Waals surface area contributed by atoms with Crippen LogP contribution in [0.2, 0.25) is 0 Å². The quantitative estimate of drug-likeness (QED) is 0.104. The molecule has 2 rings (SSSR count). The van der Waals surface area contributed by atoms with Gasteiger partial charge < -0.3 is 36.8 Å². The van der Waals surface area contributed by atoms with Crippen molar-refractivity contribution in [2.75, 3.05) is 17.7 Å². The first-order chi connectivity index (χ1) is 20.4. The predicted octanol–water partition coefficient (Wildman–Crippen LogP) is 5.38. The van der Waals surface area contributed by atoms with E-state index in [0.29, 0.717) is 29.8 Å². The number of aromatic carboxylic acids is 1. The lowest BCUT2D eigenvalue weighted by atomic mass is 9.99. The van der Waals surface area contributed by atoms with E-state index >= 15 is 4.39 Å². The SMILES string of the molecule is C=CN(/C=C\CC)/C(N)=C/C=C(\N)C(=O)Nc1cc(F)c(CCCc2ccc(C(=O)OC)c(NC(=C)C)c2)cc1C(=O)O. The molecule has 2 aromatic carbocycles. The highest BCUT2D eigenvalue weighted by atomic mass is 19.1. The monoisotopic (exact) mass is 591 g/mol. The molecule has 0 saturated carbocycles. The van der Waals surface area contributed by atoms with E-state index in [4.69, 9.17) is 16.2 Å². The Morgan fingerprint density at radius 3 is 2.37 bits per heavy atom. The molecule has 0 saturated heterocycles. The number of halogens is 1. The van der Waals surface area contributed by atoms with Crippen molar-refractivity contribution in [1.29, 1.82) is 0 Å². The summed E-state index contributed by atoms with van der Waals surface area (Å²) in [5.74, 6) is -3.12. The Balaban J connectivity index is 2.19. The average molecular weight is 592 g/mol. The second kappa shape index (κ2) is 16.2. The molecule has 7 N–H and O–H groups in total. The minimum absolute atomic E-state index is 0.172. The first kappa shape index (κ1) is 33.9. The standard InChI is InChI=1S/C32H38FN5O5/c1-6-8-16-38(7-2)29(35)15-14-26(34)30(39)37-28-19-25(33)22(18-24(28)31(40)41)11-9-10-21-12-13-23(32(42)43-5)27(17-21)36-20(3)4/h7-8,12-19,36H,2-3,6,9-11,34-35H2,1,4-5H3,(H,37,39)(H,40,41)/b16-8-,26-14-,29-15+. The number of nitrogens with one attached hydrogen (secondary N) is 2. The highest BCUT2D eigenvalue weighted by molar-refractivity contribution is 6.07. The summed E-state index contributed by atoms with van der Waals surface area (Å²) in [7, 11) is 1.29. The number of carboxylic acid groups (broad SMARTS) is 1. The molecule has 43 heavy (non-hydrogen) atoms. The molecule has 0 aromatic heterocycles. The zero-order valence-electron chi connectivity index (χ0n) is 24.6. The summed E-state index contributed by atoms with van der Waals surface area (Å²) in [6, 6.07) is 7.35. The highest BCUT2D eigenvalue weighted by Crippen LogP contribution is 2.25. The third-order valence-corrected chi connectivity index (χ3v) is 6.11. The minimum Gasteiger partial charge on any atom is -0.478 e. The molecule has 0 aliphatic carbocycles. The van der Waals surface area contributed by atoms with Crippen LogP contribution in [0.15, 0.2) is 91.3 Å². The van der Waals surface area contributed by atoms with Crippen molar-refractivity contribution in [1.82, 2.24) is 4.90 Å². The largest absolute Gasteiger partial charge is 0.478 e. The summed E-state index contributed by atoms with van der Waals surface area (Å²) in [5.41, 5.74) is 13.6. The van der Waals surface area contributed by atoms with Crippen LogP contribution >= 0.6 is 0 Å². The van der Waals surface area contributed by atoms with Gasteiger partial charge in [0.05, 0.1) is 35.3 Å². The molecular formula is C32H38FN5O5. The van der Waals surface area contributed by atoms with Crippen molar-refractivity contribution in [2.24, 2.45) is 11.5 Å². The van der Waals surface area contributed by atoms with Gasteiger partial charge in [0.25, 0.3) is 5.91 Å². The number of esters is 1. The summed E-state index contributed by atoms with van der Waals surface area (Å²) in [6.07, 6.45) is 9.67. The maximum absolute atomic E-state index is 15.0. The molecule has 2 aromatic rings. The molecule has 0 bridgehead atoms. The average Bonchev–Trinajstić information content (AvgIpc) is 2.96. The van der Waals surface area contributed by atoms with Crippen LogP contribution in [0, 0.1) is 5.82 Å². The Hall–Kier alpha value is -5.32. The van der Waals surface area contributed by atoms with Crippen LogP contribution in [0.1, 0.15) is 58.5 Å². The second-order valence-electron chi connectivity index (χ2n) is 9.48. The maximum atomic E-state index is 15.0. The van der Waals surface area contributed by atoms with E-state index in [1.165, 1.54) is 36.4 Å². The van der Waals surface area contributed by atoms with Gasteiger partial charge in [-0.05, 0) is 80.2 Å². The molecule has 0 fully saturated rings. The van der Waals surface area contributed by atoms with E-state index in [2.05, 4.69) is 23.8 Å². The van der Waals surface area contributed by atoms with Gasteiger partial charge in [0.1, 0.15) is 11.6 Å². The van der Waals surface area contributed by atoms with Gasteiger partial charge in [-0.3, -0.25) is 4.79 Å². The molecule has 0 heterocycles. The smallest absolute Gasteiger partial charge is 0.339 e. The molecule has 1 amide bonds. The summed E-state index contributed by atoms with van der Waals surface area (Å²) in [6.45, 7) is 11.2. The van der Waals surface area contributed by atoms with E-state index in [0.717, 1.165) is 18.1 Å². The molecule has 228 valence electrons. The number of carbonyl (C=O) groups is 3. The number of carbonyl (C=O) groups excluding carboxylic acids is 2. The fraction of sp³-hybridized carbons (Fsp3) is 0.219. The number of amides is 1. The van der Waals surface area contributed by atoms with Gasteiger partial charge in [0.2, 0.25) is 0 Å². The number of rotatable bonds is 15. The zero-order valence-corrected chi connectivity index (χ0v) is 24.6. The van der Waals surface area contributed by atoms with Gasteiger partial charge in [-0.1, -0.05) is 32.2 Å². The molecule has 0 unspecified atom stereocenters. The topological polar surface area (TPSA) is 160 Å². The summed E-state index contributed by atoms with van der Waals surface area (Å²) in [4.78, 5) is 38.2. The van der Waals surface area contributed by atoms with Crippen LogP contribution in [-0.2, 0) is 22.4 Å². The van der Waals surface area contributed by atoms with E-state index in [9.17, 15) is 19.5 Å². The van der Waals surface area contributed by atoms with E-state index < -0.39 is 23.7 Å². The second-order valence-corrected chi connectivity index (χ2v) is 9.48. The highest BCUT2D eigenvalue weighted by Gasteiger charge is 2.18.